The van der Waals surface area contributed by atoms with Gasteiger partial charge in [-0.2, -0.15) is 0 Å². The highest BCUT2D eigenvalue weighted by atomic mass is 16.5. The predicted molar refractivity (Wildman–Crippen MR) is 70.8 cm³/mol. The van der Waals surface area contributed by atoms with E-state index in [-0.39, 0.29) is 12.5 Å². The summed E-state index contributed by atoms with van der Waals surface area (Å²) < 4.78 is 5.21. The molecule has 1 heterocycles. The van der Waals surface area contributed by atoms with Gasteiger partial charge in [0.25, 0.3) is 5.91 Å². The van der Waals surface area contributed by atoms with E-state index in [1.807, 2.05) is 12.1 Å². The van der Waals surface area contributed by atoms with Crippen LogP contribution in [0.5, 0.6) is 0 Å². The molecule has 19 heavy (non-hydrogen) atoms. The van der Waals surface area contributed by atoms with E-state index >= 15 is 0 Å². The molecule has 2 amide bonds. The van der Waals surface area contributed by atoms with Crippen LogP contribution >= 0.6 is 0 Å². The third kappa shape index (κ3) is 2.68. The number of anilines is 1. The molecule has 102 valence electrons. The van der Waals surface area contributed by atoms with E-state index in [1.54, 1.807) is 19.2 Å². The van der Waals surface area contributed by atoms with Gasteiger partial charge in [-0.3, -0.25) is 9.59 Å². The molecule has 0 bridgehead atoms. The van der Waals surface area contributed by atoms with Crippen LogP contribution in [0.15, 0.2) is 24.3 Å². The second-order valence-electron chi connectivity index (χ2n) is 4.29. The van der Waals surface area contributed by atoms with Gasteiger partial charge in [-0.05, 0) is 12.1 Å². The third-order valence-corrected chi connectivity index (χ3v) is 3.14. The number of para-hydroxylation sites is 1. The van der Waals surface area contributed by atoms with Crippen LogP contribution in [0.1, 0.15) is 10.4 Å². The number of ether oxygens (including phenoxy) is 1. The number of carbonyl (C=O) groups is 2. The molecule has 1 aliphatic heterocycles. The molecule has 1 atom stereocenters. The minimum Gasteiger partial charge on any atom is -0.387 e. The number of benzene rings is 1. The van der Waals surface area contributed by atoms with Crippen LogP contribution in [-0.2, 0) is 9.53 Å². The van der Waals surface area contributed by atoms with Crippen LogP contribution in [0.25, 0.3) is 0 Å². The Bertz CT molecular complexity index is 490. The Hall–Kier alpha value is -2.08. The lowest BCUT2D eigenvalue weighted by Gasteiger charge is -2.33. The number of nitrogens with zero attached hydrogens (tertiary/aromatic N) is 1. The van der Waals surface area contributed by atoms with Gasteiger partial charge in [-0.15, -0.1) is 0 Å². The van der Waals surface area contributed by atoms with Crippen molar-refractivity contribution in [3.63, 3.8) is 0 Å². The third-order valence-electron chi connectivity index (χ3n) is 3.14. The molecule has 0 aliphatic carbocycles. The Morgan fingerprint density at radius 3 is 2.84 bits per heavy atom. The molecule has 6 heteroatoms. The van der Waals surface area contributed by atoms with Crippen molar-refractivity contribution >= 4 is 17.5 Å². The summed E-state index contributed by atoms with van der Waals surface area (Å²) in [6, 6.07) is 6.46. The summed E-state index contributed by atoms with van der Waals surface area (Å²) in [6.07, 6.45) is 0. The first-order chi connectivity index (χ1) is 9.15. The van der Waals surface area contributed by atoms with Crippen molar-refractivity contribution in [2.75, 3.05) is 32.1 Å². The van der Waals surface area contributed by atoms with Gasteiger partial charge < -0.3 is 20.7 Å². The number of nitrogens with two attached hydrogens (primary N) is 1. The van der Waals surface area contributed by atoms with Gasteiger partial charge in [0.15, 0.2) is 0 Å². The second-order valence-corrected chi connectivity index (χ2v) is 4.29. The quantitative estimate of drug-likeness (QED) is 0.807. The van der Waals surface area contributed by atoms with Gasteiger partial charge >= 0.3 is 0 Å². The highest BCUT2D eigenvalue weighted by Gasteiger charge is 2.32. The largest absolute Gasteiger partial charge is 0.387 e. The van der Waals surface area contributed by atoms with Gasteiger partial charge in [-0.1, -0.05) is 12.1 Å². The zero-order valence-corrected chi connectivity index (χ0v) is 10.8. The molecule has 1 aromatic carbocycles. The Kier molecular flexibility index (Phi) is 4.01. The number of amides is 2. The fraction of sp³-hybridized carbons (Fsp3) is 0.385. The Labute approximate surface area is 111 Å². The molecule has 0 radical (unpaired) electrons. The first-order valence-electron chi connectivity index (χ1n) is 6.10. The minimum absolute atomic E-state index is 0.156. The molecule has 1 aliphatic rings. The van der Waals surface area contributed by atoms with E-state index in [0.29, 0.717) is 18.7 Å². The zero-order valence-electron chi connectivity index (χ0n) is 10.8. The SMILES string of the molecule is CNc1ccccc1C(=O)N1CCOCC1C(N)=O. The maximum absolute atomic E-state index is 12.5. The van der Waals surface area contributed by atoms with Crippen molar-refractivity contribution in [1.82, 2.24) is 4.90 Å². The zero-order chi connectivity index (χ0) is 13.8. The Balaban J connectivity index is 2.29. The summed E-state index contributed by atoms with van der Waals surface area (Å²) in [6.45, 7) is 0.935. The highest BCUT2D eigenvalue weighted by Crippen LogP contribution is 2.19. The summed E-state index contributed by atoms with van der Waals surface area (Å²) in [7, 11) is 1.75. The lowest BCUT2D eigenvalue weighted by molar-refractivity contribution is -0.127. The maximum Gasteiger partial charge on any atom is 0.256 e. The van der Waals surface area contributed by atoms with E-state index in [4.69, 9.17) is 10.5 Å². The van der Waals surface area contributed by atoms with Crippen molar-refractivity contribution < 1.29 is 14.3 Å². The molecule has 2 rings (SSSR count). The fourth-order valence-corrected chi connectivity index (χ4v) is 2.12. The lowest BCUT2D eigenvalue weighted by Crippen LogP contribution is -2.54. The second kappa shape index (κ2) is 5.71. The molecule has 1 saturated heterocycles. The maximum atomic E-state index is 12.5. The normalized spacial score (nSPS) is 19.0. The number of primary amides is 1. The van der Waals surface area contributed by atoms with Gasteiger partial charge in [0.1, 0.15) is 6.04 Å². The molecule has 0 spiro atoms. The summed E-state index contributed by atoms with van der Waals surface area (Å²) in [4.78, 5) is 25.4. The van der Waals surface area contributed by atoms with Crippen LogP contribution in [0.4, 0.5) is 5.69 Å². The number of rotatable bonds is 3. The average molecular weight is 263 g/mol. The molecule has 1 unspecified atom stereocenters. The van der Waals surface area contributed by atoms with E-state index in [1.165, 1.54) is 4.90 Å². The van der Waals surface area contributed by atoms with Crippen LogP contribution in [0, 0.1) is 0 Å². The molecule has 1 fully saturated rings. The molecular formula is C13H17N3O3. The van der Waals surface area contributed by atoms with E-state index in [9.17, 15) is 9.59 Å². The summed E-state index contributed by atoms with van der Waals surface area (Å²) in [5, 5.41) is 2.96. The van der Waals surface area contributed by atoms with E-state index < -0.39 is 11.9 Å². The minimum atomic E-state index is -0.703. The van der Waals surface area contributed by atoms with Crippen molar-refractivity contribution in [1.29, 1.82) is 0 Å². The van der Waals surface area contributed by atoms with Crippen molar-refractivity contribution in [3.05, 3.63) is 29.8 Å². The molecule has 0 saturated carbocycles. The van der Waals surface area contributed by atoms with Gasteiger partial charge in [0, 0.05) is 19.3 Å². The Morgan fingerprint density at radius 1 is 1.42 bits per heavy atom. The highest BCUT2D eigenvalue weighted by molar-refractivity contribution is 6.01. The number of hydrogen-bond acceptors (Lipinski definition) is 4. The lowest BCUT2D eigenvalue weighted by atomic mass is 10.1. The number of hydrogen-bond donors (Lipinski definition) is 2. The average Bonchev–Trinajstić information content (AvgIpc) is 2.46. The first kappa shape index (κ1) is 13.4. The smallest absolute Gasteiger partial charge is 0.256 e. The van der Waals surface area contributed by atoms with E-state index in [0.717, 1.165) is 5.69 Å². The van der Waals surface area contributed by atoms with E-state index in [2.05, 4.69) is 5.32 Å². The topological polar surface area (TPSA) is 84.7 Å². The van der Waals surface area contributed by atoms with Crippen LogP contribution in [0.2, 0.25) is 0 Å². The molecule has 6 nitrogen and oxygen atoms in total. The first-order valence-corrected chi connectivity index (χ1v) is 6.10. The molecular weight excluding hydrogens is 246 g/mol. The van der Waals surface area contributed by atoms with Crippen LogP contribution < -0.4 is 11.1 Å². The van der Waals surface area contributed by atoms with Gasteiger partial charge in [-0.25, -0.2) is 0 Å². The predicted octanol–water partition coefficient (Wildman–Crippen LogP) is 0.0546. The summed E-state index contributed by atoms with van der Waals surface area (Å²) in [5.41, 5.74) is 6.57. The van der Waals surface area contributed by atoms with Crippen molar-refractivity contribution in [2.24, 2.45) is 5.73 Å². The summed E-state index contributed by atoms with van der Waals surface area (Å²) >= 11 is 0. The van der Waals surface area contributed by atoms with Crippen LogP contribution in [0.3, 0.4) is 0 Å². The fourth-order valence-electron chi connectivity index (χ4n) is 2.12. The Morgan fingerprint density at radius 2 is 2.16 bits per heavy atom. The standard InChI is InChI=1S/C13H17N3O3/c1-15-10-5-3-2-4-9(10)13(18)16-6-7-19-8-11(16)12(14)17/h2-5,11,15H,6-8H2,1H3,(H2,14,17). The van der Waals surface area contributed by atoms with Crippen molar-refractivity contribution in [3.8, 4) is 0 Å². The van der Waals surface area contributed by atoms with Crippen molar-refractivity contribution in [2.45, 2.75) is 6.04 Å². The number of carbonyl (C=O) groups excluding carboxylic acids is 2. The number of nitrogens with one attached hydrogen (secondary N) is 1. The number of morpholine rings is 1. The monoisotopic (exact) mass is 263 g/mol. The van der Waals surface area contributed by atoms with Gasteiger partial charge in [0.05, 0.1) is 18.8 Å². The molecule has 1 aromatic rings. The van der Waals surface area contributed by atoms with Gasteiger partial charge in [0.2, 0.25) is 5.91 Å². The summed E-state index contributed by atoms with van der Waals surface area (Å²) in [5.74, 6) is -0.757. The molecule has 0 aromatic heterocycles. The molecule has 3 N–H and O–H groups in total. The van der Waals surface area contributed by atoms with Crippen LogP contribution in [-0.4, -0.2) is 49.6 Å².